The molecule has 0 saturated carbocycles. The number of hydrogen-bond donors (Lipinski definition) is 0. The molecule has 1 aromatic rings. The van der Waals surface area contributed by atoms with Crippen molar-refractivity contribution in [3.8, 4) is 0 Å². The Labute approximate surface area is 169 Å². The summed E-state index contributed by atoms with van der Waals surface area (Å²) in [6, 6.07) is 2.69. The second kappa shape index (κ2) is 7.89. The first kappa shape index (κ1) is 18.2. The molecule has 3 saturated heterocycles. The Morgan fingerprint density at radius 3 is 2.81 bits per heavy atom. The Hall–Kier alpha value is -0.830. The Balaban J connectivity index is 1.32. The average molecular weight is 411 g/mol. The van der Waals surface area contributed by atoms with Crippen molar-refractivity contribution in [2.45, 2.75) is 12.6 Å². The molecule has 3 fully saturated rings. The summed E-state index contributed by atoms with van der Waals surface area (Å²) in [4.78, 5) is 11.4. The minimum atomic E-state index is 0.548. The van der Waals surface area contributed by atoms with Gasteiger partial charge in [-0.15, -0.1) is 11.3 Å². The van der Waals surface area contributed by atoms with E-state index in [0.29, 0.717) is 6.04 Å². The number of morpholine rings is 2. The molecular weight excluding hydrogens is 384 g/mol. The van der Waals surface area contributed by atoms with Gasteiger partial charge in [-0.2, -0.15) is 0 Å². The Morgan fingerprint density at radius 1 is 1.07 bits per heavy atom. The van der Waals surface area contributed by atoms with Gasteiger partial charge in [0.25, 0.3) is 0 Å². The number of ether oxygens (including phenoxy) is 2. The summed E-state index contributed by atoms with van der Waals surface area (Å²) >= 11 is 8.09. The molecule has 1 atom stereocenters. The van der Waals surface area contributed by atoms with Crippen molar-refractivity contribution in [2.75, 3.05) is 72.4 Å². The predicted octanol–water partition coefficient (Wildman–Crippen LogP) is 1.82. The number of fused-ring (bicyclic) bond motifs is 2. The molecular formula is C19H27ClN4O2S. The van der Waals surface area contributed by atoms with Crippen LogP contribution < -0.4 is 0 Å². The topological polar surface area (TPSA) is 31.4 Å². The summed E-state index contributed by atoms with van der Waals surface area (Å²) in [5.41, 5.74) is 2.62. The lowest BCUT2D eigenvalue weighted by atomic mass is 10.1. The summed E-state index contributed by atoms with van der Waals surface area (Å²) in [5, 5.41) is 0. The van der Waals surface area contributed by atoms with Crippen molar-refractivity contribution in [1.82, 2.24) is 19.6 Å². The molecule has 6 nitrogen and oxygen atoms in total. The van der Waals surface area contributed by atoms with E-state index >= 15 is 0 Å². The monoisotopic (exact) mass is 410 g/mol. The molecule has 148 valence electrons. The molecule has 0 spiro atoms. The lowest BCUT2D eigenvalue weighted by Crippen LogP contribution is -2.59. The van der Waals surface area contributed by atoms with E-state index in [1.807, 2.05) is 0 Å². The Bertz CT molecular complexity index is 706. The van der Waals surface area contributed by atoms with Gasteiger partial charge in [-0.25, -0.2) is 0 Å². The fraction of sp³-hybridized carbons (Fsp3) is 0.684. The second-order valence-corrected chi connectivity index (χ2v) is 9.50. The minimum absolute atomic E-state index is 0.548. The summed E-state index contributed by atoms with van der Waals surface area (Å²) < 4.78 is 12.1. The molecule has 4 aliphatic rings. The molecule has 0 N–H and O–H groups in total. The lowest BCUT2D eigenvalue weighted by Gasteiger charge is -2.45. The van der Waals surface area contributed by atoms with E-state index in [0.717, 1.165) is 83.2 Å². The van der Waals surface area contributed by atoms with Crippen LogP contribution in [0.1, 0.15) is 10.4 Å². The zero-order valence-corrected chi connectivity index (χ0v) is 17.2. The van der Waals surface area contributed by atoms with Gasteiger partial charge in [0, 0.05) is 62.0 Å². The number of hydrogen-bond acceptors (Lipinski definition) is 7. The fourth-order valence-corrected chi connectivity index (χ4v) is 5.85. The van der Waals surface area contributed by atoms with Crippen LogP contribution in [0.25, 0.3) is 5.70 Å². The molecule has 4 aliphatic heterocycles. The van der Waals surface area contributed by atoms with Gasteiger partial charge in [0.1, 0.15) is 0 Å². The molecule has 0 aromatic carbocycles. The predicted molar refractivity (Wildman–Crippen MR) is 108 cm³/mol. The van der Waals surface area contributed by atoms with Crippen molar-refractivity contribution >= 4 is 28.6 Å². The minimum Gasteiger partial charge on any atom is -0.378 e. The third-order valence-electron chi connectivity index (χ3n) is 5.96. The van der Waals surface area contributed by atoms with E-state index in [9.17, 15) is 0 Å². The van der Waals surface area contributed by atoms with Gasteiger partial charge < -0.3 is 19.3 Å². The average Bonchev–Trinajstić information content (AvgIpc) is 3.08. The molecule has 5 rings (SSSR count). The van der Waals surface area contributed by atoms with Crippen molar-refractivity contribution in [2.24, 2.45) is 0 Å². The largest absolute Gasteiger partial charge is 0.378 e. The standard InChI is InChI=1S/C19H27ClN4O2S/c20-19-9-16-17(24-4-6-25-7-5-24)11-22(12-18(16)27-19)14-21-1-2-23-3-8-26-13-15(23)10-21/h9,11,15H,1-8,10,12-14H2. The quantitative estimate of drug-likeness (QED) is 0.755. The zero-order chi connectivity index (χ0) is 18.2. The number of rotatable bonds is 3. The molecule has 27 heavy (non-hydrogen) atoms. The third-order valence-corrected chi connectivity index (χ3v) is 7.21. The van der Waals surface area contributed by atoms with E-state index in [2.05, 4.69) is 31.9 Å². The highest BCUT2D eigenvalue weighted by molar-refractivity contribution is 7.16. The zero-order valence-electron chi connectivity index (χ0n) is 15.6. The summed E-state index contributed by atoms with van der Waals surface area (Å²) in [5.74, 6) is 0. The summed E-state index contributed by atoms with van der Waals surface area (Å²) in [7, 11) is 0. The second-order valence-electron chi connectivity index (χ2n) is 7.73. The smallest absolute Gasteiger partial charge is 0.0938 e. The van der Waals surface area contributed by atoms with Crippen LogP contribution in [0.5, 0.6) is 0 Å². The van der Waals surface area contributed by atoms with Crippen LogP contribution in [0.3, 0.4) is 0 Å². The van der Waals surface area contributed by atoms with Gasteiger partial charge in [0.15, 0.2) is 0 Å². The van der Waals surface area contributed by atoms with Crippen LogP contribution in [0.2, 0.25) is 4.34 Å². The molecule has 8 heteroatoms. The first-order valence-electron chi connectivity index (χ1n) is 9.87. The maximum Gasteiger partial charge on any atom is 0.0938 e. The van der Waals surface area contributed by atoms with Gasteiger partial charge in [0.2, 0.25) is 0 Å². The van der Waals surface area contributed by atoms with Gasteiger partial charge in [-0.3, -0.25) is 9.80 Å². The normalized spacial score (nSPS) is 27.3. The van der Waals surface area contributed by atoms with Crippen LogP contribution in [-0.2, 0) is 16.0 Å². The maximum absolute atomic E-state index is 6.37. The number of thiophene rings is 1. The molecule has 1 aromatic heterocycles. The molecule has 0 bridgehead atoms. The van der Waals surface area contributed by atoms with E-state index in [1.54, 1.807) is 11.3 Å². The number of nitrogens with zero attached hydrogens (tertiary/aromatic N) is 4. The summed E-state index contributed by atoms with van der Waals surface area (Å²) in [6.07, 6.45) is 2.35. The van der Waals surface area contributed by atoms with Crippen LogP contribution in [0, 0.1) is 0 Å². The molecule has 0 aliphatic carbocycles. The molecule has 5 heterocycles. The van der Waals surface area contributed by atoms with E-state index in [-0.39, 0.29) is 0 Å². The van der Waals surface area contributed by atoms with E-state index in [1.165, 1.54) is 16.1 Å². The van der Waals surface area contributed by atoms with Gasteiger partial charge in [-0.1, -0.05) is 11.6 Å². The Morgan fingerprint density at radius 2 is 1.93 bits per heavy atom. The first-order valence-corrected chi connectivity index (χ1v) is 11.1. The third kappa shape index (κ3) is 3.86. The Kier molecular flexibility index (Phi) is 5.32. The number of piperazine rings is 1. The molecule has 0 radical (unpaired) electrons. The number of halogens is 1. The van der Waals surface area contributed by atoms with Gasteiger partial charge in [0.05, 0.1) is 49.7 Å². The van der Waals surface area contributed by atoms with Gasteiger partial charge in [-0.05, 0) is 6.07 Å². The van der Waals surface area contributed by atoms with Crippen LogP contribution in [0.4, 0.5) is 0 Å². The van der Waals surface area contributed by atoms with Crippen molar-refractivity contribution < 1.29 is 9.47 Å². The highest BCUT2D eigenvalue weighted by Crippen LogP contribution is 2.37. The maximum atomic E-state index is 6.37. The molecule has 1 unspecified atom stereocenters. The van der Waals surface area contributed by atoms with Crippen molar-refractivity contribution in [3.05, 3.63) is 27.0 Å². The fourth-order valence-electron chi connectivity index (χ4n) is 4.55. The van der Waals surface area contributed by atoms with Crippen LogP contribution >= 0.6 is 22.9 Å². The highest BCUT2D eigenvalue weighted by atomic mass is 35.5. The van der Waals surface area contributed by atoms with E-state index < -0.39 is 0 Å². The van der Waals surface area contributed by atoms with E-state index in [4.69, 9.17) is 21.1 Å². The lowest BCUT2D eigenvalue weighted by molar-refractivity contribution is -0.0517. The highest BCUT2D eigenvalue weighted by Gasteiger charge is 2.31. The first-order chi connectivity index (χ1) is 13.3. The molecule has 0 amide bonds. The SMILES string of the molecule is Clc1cc2c(s1)CN(CN1CCN3CCOCC3C1)C=C2N1CCOCC1. The van der Waals surface area contributed by atoms with Gasteiger partial charge >= 0.3 is 0 Å². The summed E-state index contributed by atoms with van der Waals surface area (Å²) in [6.45, 7) is 11.6. The van der Waals surface area contributed by atoms with Crippen molar-refractivity contribution in [3.63, 3.8) is 0 Å². The van der Waals surface area contributed by atoms with Crippen LogP contribution in [-0.4, -0.2) is 98.0 Å². The van der Waals surface area contributed by atoms with Crippen molar-refractivity contribution in [1.29, 1.82) is 0 Å². The van der Waals surface area contributed by atoms with Crippen LogP contribution in [0.15, 0.2) is 12.3 Å².